The van der Waals surface area contributed by atoms with E-state index in [9.17, 15) is 4.79 Å². The van der Waals surface area contributed by atoms with Crippen LogP contribution >= 0.6 is 0 Å². The largest absolute Gasteiger partial charge is 0.493 e. The summed E-state index contributed by atoms with van der Waals surface area (Å²) in [7, 11) is 3.31. The summed E-state index contributed by atoms with van der Waals surface area (Å²) in [5.74, 6) is 1.76. The molecule has 0 spiro atoms. The van der Waals surface area contributed by atoms with Gasteiger partial charge in [0.15, 0.2) is 23.9 Å². The maximum absolute atomic E-state index is 12.0. The van der Waals surface area contributed by atoms with Gasteiger partial charge in [-0.15, -0.1) is 5.10 Å². The normalized spacial score (nSPS) is 13.2. The van der Waals surface area contributed by atoms with Crippen LogP contribution in [0.1, 0.15) is 5.56 Å². The Morgan fingerprint density at radius 3 is 2.82 bits per heavy atom. The van der Waals surface area contributed by atoms with Gasteiger partial charge in [0.2, 0.25) is 5.95 Å². The van der Waals surface area contributed by atoms with Crippen molar-refractivity contribution < 1.29 is 14.3 Å². The Balaban J connectivity index is 1.47. The van der Waals surface area contributed by atoms with Crippen molar-refractivity contribution in [1.82, 2.24) is 25.4 Å². The first-order valence-corrected chi connectivity index (χ1v) is 10.4. The molecule has 1 aliphatic rings. The second-order valence-electron chi connectivity index (χ2n) is 7.57. The molecule has 6 N–H and O–H groups in total. The van der Waals surface area contributed by atoms with Gasteiger partial charge in [0, 0.05) is 48.9 Å². The minimum absolute atomic E-state index is 0.0958. The lowest BCUT2D eigenvalue weighted by atomic mass is 10.2. The molecule has 2 heterocycles. The SMILES string of the molecule is COc1cc(-c2nc(Nc3ccc(N)c(C=N)c3)n(C)n2)ccc1OCC(=O)NC1CNC1. The van der Waals surface area contributed by atoms with E-state index in [1.807, 2.05) is 6.07 Å². The highest BCUT2D eigenvalue weighted by Gasteiger charge is 2.19. The fourth-order valence-corrected chi connectivity index (χ4v) is 3.25. The summed E-state index contributed by atoms with van der Waals surface area (Å²) in [4.78, 5) is 16.6. The molecule has 1 amide bonds. The molecule has 172 valence electrons. The summed E-state index contributed by atoms with van der Waals surface area (Å²) < 4.78 is 12.7. The molecular weight excluding hydrogens is 424 g/mol. The fourth-order valence-electron chi connectivity index (χ4n) is 3.25. The maximum Gasteiger partial charge on any atom is 0.258 e. The van der Waals surface area contributed by atoms with Gasteiger partial charge >= 0.3 is 0 Å². The number of hydrogen-bond donors (Lipinski definition) is 5. The first kappa shape index (κ1) is 22.1. The number of aromatic nitrogens is 3. The van der Waals surface area contributed by atoms with Crippen LogP contribution in [-0.2, 0) is 11.8 Å². The standard InChI is InChI=1S/C22H26N8O3/c1-30-22(27-15-4-5-17(24)14(7-15)9-23)28-21(29-30)13-3-6-18(19(8-13)32-2)33-12-20(31)26-16-10-25-11-16/h3-9,16,23,25H,10-12,24H2,1-2H3,(H,26,31)(H,27,28,29). The summed E-state index contributed by atoms with van der Waals surface area (Å²) in [6.45, 7) is 1.46. The number of hydrogen-bond acceptors (Lipinski definition) is 9. The number of amides is 1. The molecule has 1 saturated heterocycles. The number of anilines is 3. The van der Waals surface area contributed by atoms with E-state index in [1.165, 1.54) is 13.3 Å². The number of carbonyl (C=O) groups is 1. The number of nitrogens with one attached hydrogen (secondary N) is 4. The Labute approximate surface area is 190 Å². The number of rotatable bonds is 9. The molecule has 33 heavy (non-hydrogen) atoms. The summed E-state index contributed by atoms with van der Waals surface area (Å²) in [6.07, 6.45) is 1.20. The zero-order valence-corrected chi connectivity index (χ0v) is 18.4. The Morgan fingerprint density at radius 1 is 1.30 bits per heavy atom. The highest BCUT2D eigenvalue weighted by Crippen LogP contribution is 2.32. The smallest absolute Gasteiger partial charge is 0.258 e. The lowest BCUT2D eigenvalue weighted by Gasteiger charge is -2.27. The fraction of sp³-hybridized carbons (Fsp3) is 0.273. The molecule has 0 unspecified atom stereocenters. The first-order chi connectivity index (χ1) is 16.0. The molecule has 0 atom stereocenters. The number of benzene rings is 2. The first-order valence-electron chi connectivity index (χ1n) is 10.4. The van der Waals surface area contributed by atoms with Gasteiger partial charge in [-0.25, -0.2) is 4.68 Å². The van der Waals surface area contributed by atoms with E-state index < -0.39 is 0 Å². The molecule has 1 fully saturated rings. The van der Waals surface area contributed by atoms with Crippen LogP contribution < -0.4 is 31.2 Å². The summed E-state index contributed by atoms with van der Waals surface area (Å²) in [5.41, 5.74) is 8.46. The Hall–Kier alpha value is -4.12. The van der Waals surface area contributed by atoms with Crippen molar-refractivity contribution in [3.63, 3.8) is 0 Å². The van der Waals surface area contributed by atoms with Gasteiger partial charge in [0.05, 0.1) is 13.2 Å². The number of nitrogens with two attached hydrogens (primary N) is 1. The molecule has 2 aromatic carbocycles. The molecule has 4 rings (SSSR count). The van der Waals surface area contributed by atoms with Crippen LogP contribution in [0.3, 0.4) is 0 Å². The van der Waals surface area contributed by atoms with E-state index >= 15 is 0 Å². The highest BCUT2D eigenvalue weighted by molar-refractivity contribution is 5.87. The van der Waals surface area contributed by atoms with Crippen LogP contribution in [0.4, 0.5) is 17.3 Å². The van der Waals surface area contributed by atoms with Crippen LogP contribution in [0.25, 0.3) is 11.4 Å². The molecular formula is C22H26N8O3. The van der Waals surface area contributed by atoms with Gasteiger partial charge in [-0.3, -0.25) is 4.79 Å². The van der Waals surface area contributed by atoms with Gasteiger partial charge in [-0.2, -0.15) is 4.98 Å². The van der Waals surface area contributed by atoms with Crippen molar-refractivity contribution >= 4 is 29.4 Å². The summed E-state index contributed by atoms with van der Waals surface area (Å²) in [5, 5.41) is 21.1. The van der Waals surface area contributed by atoms with E-state index in [1.54, 1.807) is 42.1 Å². The van der Waals surface area contributed by atoms with Gasteiger partial charge in [-0.1, -0.05) is 0 Å². The quantitative estimate of drug-likeness (QED) is 0.241. The van der Waals surface area contributed by atoms with E-state index in [2.05, 4.69) is 26.0 Å². The van der Waals surface area contributed by atoms with Crippen LogP contribution in [0.5, 0.6) is 11.5 Å². The maximum atomic E-state index is 12.0. The van der Waals surface area contributed by atoms with Crippen molar-refractivity contribution in [2.75, 3.05) is 37.9 Å². The van der Waals surface area contributed by atoms with E-state index in [-0.39, 0.29) is 18.6 Å². The molecule has 0 saturated carbocycles. The second kappa shape index (κ2) is 9.57. The lowest BCUT2D eigenvalue weighted by molar-refractivity contribution is -0.124. The van der Waals surface area contributed by atoms with Crippen molar-refractivity contribution in [2.45, 2.75) is 6.04 Å². The van der Waals surface area contributed by atoms with Crippen LogP contribution in [0.2, 0.25) is 0 Å². The third-order valence-electron chi connectivity index (χ3n) is 5.19. The van der Waals surface area contributed by atoms with Crippen molar-refractivity contribution in [3.05, 3.63) is 42.0 Å². The highest BCUT2D eigenvalue weighted by atomic mass is 16.5. The zero-order chi connectivity index (χ0) is 23.4. The van der Waals surface area contributed by atoms with E-state index in [4.69, 9.17) is 20.6 Å². The second-order valence-corrected chi connectivity index (χ2v) is 7.57. The van der Waals surface area contributed by atoms with Gasteiger partial charge in [0.25, 0.3) is 5.91 Å². The van der Waals surface area contributed by atoms with E-state index in [0.717, 1.165) is 24.3 Å². The molecule has 1 aliphatic heterocycles. The number of ether oxygens (including phenoxy) is 2. The minimum Gasteiger partial charge on any atom is -0.493 e. The lowest BCUT2D eigenvalue weighted by Crippen LogP contribution is -2.57. The van der Waals surface area contributed by atoms with Crippen molar-refractivity contribution in [1.29, 1.82) is 5.41 Å². The van der Waals surface area contributed by atoms with Gasteiger partial charge in [-0.05, 0) is 36.4 Å². The average Bonchev–Trinajstić information content (AvgIpc) is 3.16. The van der Waals surface area contributed by atoms with Crippen molar-refractivity contribution in [3.8, 4) is 22.9 Å². The number of aryl methyl sites for hydroxylation is 1. The predicted molar refractivity (Wildman–Crippen MR) is 125 cm³/mol. The number of nitrogens with zero attached hydrogens (tertiary/aromatic N) is 3. The van der Waals surface area contributed by atoms with Crippen LogP contribution in [-0.4, -0.2) is 59.7 Å². The monoisotopic (exact) mass is 450 g/mol. The Kier molecular flexibility index (Phi) is 6.41. The molecule has 0 aliphatic carbocycles. The topological polar surface area (TPSA) is 152 Å². The number of nitrogen functional groups attached to an aromatic ring is 1. The zero-order valence-electron chi connectivity index (χ0n) is 18.4. The Bertz CT molecular complexity index is 1170. The summed E-state index contributed by atoms with van der Waals surface area (Å²) in [6, 6.07) is 10.8. The molecule has 11 nitrogen and oxygen atoms in total. The average molecular weight is 451 g/mol. The minimum atomic E-state index is -0.177. The van der Waals surface area contributed by atoms with Gasteiger partial charge < -0.3 is 36.6 Å². The number of carbonyl (C=O) groups excluding carboxylic acids is 1. The molecule has 1 aromatic heterocycles. The third-order valence-corrected chi connectivity index (χ3v) is 5.19. The van der Waals surface area contributed by atoms with Crippen LogP contribution in [0.15, 0.2) is 36.4 Å². The van der Waals surface area contributed by atoms with Crippen LogP contribution in [0, 0.1) is 5.41 Å². The van der Waals surface area contributed by atoms with Crippen molar-refractivity contribution in [2.24, 2.45) is 7.05 Å². The summed E-state index contributed by atoms with van der Waals surface area (Å²) >= 11 is 0. The molecule has 11 heteroatoms. The predicted octanol–water partition coefficient (Wildman–Crippen LogP) is 1.28. The molecule has 0 bridgehead atoms. The third kappa shape index (κ3) is 5.04. The van der Waals surface area contributed by atoms with Gasteiger partial charge in [0.1, 0.15) is 0 Å². The molecule has 3 aromatic rings. The Morgan fingerprint density at radius 2 is 2.12 bits per heavy atom. The molecule has 0 radical (unpaired) electrons. The number of methoxy groups -OCH3 is 1. The van der Waals surface area contributed by atoms with E-state index in [0.29, 0.717) is 34.5 Å².